The highest BCUT2D eigenvalue weighted by Gasteiger charge is 2.28. The molecule has 1 aliphatic rings. The Morgan fingerprint density at radius 1 is 1.54 bits per heavy atom. The van der Waals surface area contributed by atoms with Crippen LogP contribution in [-0.4, -0.2) is 36.1 Å². The van der Waals surface area contributed by atoms with E-state index in [1.165, 1.54) is 4.90 Å². The number of rotatable bonds is 1. The molecule has 2 atom stereocenters. The molecule has 0 bridgehead atoms. The zero-order chi connectivity index (χ0) is 10.0. The number of hydrogen-bond acceptors (Lipinski definition) is 2. The Kier molecular flexibility index (Phi) is 3.25. The molecule has 0 spiro atoms. The van der Waals surface area contributed by atoms with Crippen LogP contribution in [0.15, 0.2) is 0 Å². The molecule has 1 saturated heterocycles. The molecule has 0 aromatic carbocycles. The van der Waals surface area contributed by atoms with E-state index in [1.54, 1.807) is 0 Å². The first-order valence-electron chi connectivity index (χ1n) is 4.69. The number of alkyl halides is 1. The summed E-state index contributed by atoms with van der Waals surface area (Å²) in [5.74, 6) is -0.0738. The van der Waals surface area contributed by atoms with Gasteiger partial charge in [0.2, 0.25) is 5.91 Å². The third-order valence-electron chi connectivity index (χ3n) is 2.24. The Balaban J connectivity index is 2.55. The van der Waals surface area contributed by atoms with Gasteiger partial charge < -0.3 is 10.6 Å². The fourth-order valence-corrected chi connectivity index (χ4v) is 1.62. The molecule has 3 nitrogen and oxygen atoms in total. The number of nitrogens with two attached hydrogens (primary N) is 1. The smallest absolute Gasteiger partial charge is 0.225 e. The van der Waals surface area contributed by atoms with Crippen LogP contribution >= 0.6 is 0 Å². The summed E-state index contributed by atoms with van der Waals surface area (Å²) < 4.78 is 13.0. The molecule has 1 aliphatic heterocycles. The van der Waals surface area contributed by atoms with Gasteiger partial charge in [-0.25, -0.2) is 4.39 Å². The number of amides is 1. The highest BCUT2D eigenvalue weighted by molar-refractivity contribution is 5.78. The molecule has 0 unspecified atom stereocenters. The lowest BCUT2D eigenvalue weighted by atomic mass is 10.0. The Morgan fingerprint density at radius 3 is 2.62 bits per heavy atom. The van der Waals surface area contributed by atoms with Crippen molar-refractivity contribution in [3.05, 3.63) is 0 Å². The minimum Gasteiger partial charge on any atom is -0.338 e. The second kappa shape index (κ2) is 4.05. The number of hydrogen-bond donors (Lipinski definition) is 1. The highest BCUT2D eigenvalue weighted by atomic mass is 19.1. The number of carbonyl (C=O) groups is 1. The van der Waals surface area contributed by atoms with Crippen molar-refractivity contribution < 1.29 is 9.18 Å². The predicted octanol–water partition coefficient (Wildman–Crippen LogP) is 0.540. The quantitative estimate of drug-likeness (QED) is 0.653. The highest BCUT2D eigenvalue weighted by Crippen LogP contribution is 2.14. The van der Waals surface area contributed by atoms with Crippen LogP contribution in [0.3, 0.4) is 0 Å². The van der Waals surface area contributed by atoms with Crippen molar-refractivity contribution >= 4 is 5.91 Å². The Hall–Kier alpha value is -0.640. The minimum atomic E-state index is -0.952. The van der Waals surface area contributed by atoms with Crippen LogP contribution < -0.4 is 5.73 Å². The molecule has 1 heterocycles. The normalized spacial score (nSPS) is 29.5. The fraction of sp³-hybridized carbons (Fsp3) is 0.889. The molecule has 0 aliphatic carbocycles. The van der Waals surface area contributed by atoms with E-state index in [2.05, 4.69) is 0 Å². The van der Waals surface area contributed by atoms with Crippen LogP contribution in [0.1, 0.15) is 20.3 Å². The van der Waals surface area contributed by atoms with E-state index in [0.717, 1.165) is 0 Å². The topological polar surface area (TPSA) is 46.3 Å². The van der Waals surface area contributed by atoms with E-state index >= 15 is 0 Å². The molecule has 0 aromatic heterocycles. The zero-order valence-electron chi connectivity index (χ0n) is 8.16. The average molecular weight is 188 g/mol. The first-order chi connectivity index (χ1) is 6.00. The molecule has 4 heteroatoms. The van der Waals surface area contributed by atoms with E-state index in [-0.39, 0.29) is 24.4 Å². The van der Waals surface area contributed by atoms with E-state index in [1.807, 2.05) is 13.8 Å². The van der Waals surface area contributed by atoms with Gasteiger partial charge in [0.1, 0.15) is 6.17 Å². The Morgan fingerprint density at radius 2 is 2.15 bits per heavy atom. The standard InChI is InChI=1S/C9H17FN2O/c1-6(2)9(13)12-4-7(10)3-8(11)5-12/h6-8H,3-5,11H2,1-2H3/t7-,8-/m1/s1. The summed E-state index contributed by atoms with van der Waals surface area (Å²) in [6.07, 6.45) is -0.576. The van der Waals surface area contributed by atoms with Gasteiger partial charge in [-0.15, -0.1) is 0 Å². The van der Waals surface area contributed by atoms with E-state index in [9.17, 15) is 9.18 Å². The Bertz CT molecular complexity index is 186. The molecule has 2 N–H and O–H groups in total. The second-order valence-electron chi connectivity index (χ2n) is 3.99. The molecular formula is C9H17FN2O. The van der Waals surface area contributed by atoms with Crippen molar-refractivity contribution in [1.82, 2.24) is 4.90 Å². The van der Waals surface area contributed by atoms with Crippen molar-refractivity contribution in [2.24, 2.45) is 11.7 Å². The molecule has 0 saturated carbocycles. The summed E-state index contributed by atoms with van der Waals surface area (Å²) in [4.78, 5) is 13.0. The number of halogens is 1. The lowest BCUT2D eigenvalue weighted by molar-refractivity contribution is -0.136. The number of nitrogens with zero attached hydrogens (tertiary/aromatic N) is 1. The first kappa shape index (κ1) is 10.4. The Labute approximate surface area is 78.1 Å². The average Bonchev–Trinajstić information content (AvgIpc) is 2.01. The van der Waals surface area contributed by atoms with Gasteiger partial charge >= 0.3 is 0 Å². The van der Waals surface area contributed by atoms with Crippen molar-refractivity contribution in [1.29, 1.82) is 0 Å². The summed E-state index contributed by atoms with van der Waals surface area (Å²) in [5, 5.41) is 0. The summed E-state index contributed by atoms with van der Waals surface area (Å²) in [5.41, 5.74) is 5.62. The van der Waals surface area contributed by atoms with Crippen LogP contribution in [0.2, 0.25) is 0 Å². The van der Waals surface area contributed by atoms with Crippen molar-refractivity contribution in [3.63, 3.8) is 0 Å². The zero-order valence-corrected chi connectivity index (χ0v) is 8.16. The third kappa shape index (κ3) is 2.66. The van der Waals surface area contributed by atoms with Crippen LogP contribution in [0, 0.1) is 5.92 Å². The maximum Gasteiger partial charge on any atom is 0.225 e. The lowest BCUT2D eigenvalue weighted by Gasteiger charge is -2.33. The van der Waals surface area contributed by atoms with E-state index in [0.29, 0.717) is 13.0 Å². The van der Waals surface area contributed by atoms with Gasteiger partial charge in [0.15, 0.2) is 0 Å². The molecular weight excluding hydrogens is 171 g/mol. The fourth-order valence-electron chi connectivity index (χ4n) is 1.62. The number of likely N-dealkylation sites (tertiary alicyclic amines) is 1. The second-order valence-corrected chi connectivity index (χ2v) is 3.99. The largest absolute Gasteiger partial charge is 0.338 e. The van der Waals surface area contributed by atoms with Crippen molar-refractivity contribution in [2.75, 3.05) is 13.1 Å². The molecule has 1 amide bonds. The van der Waals surface area contributed by atoms with Crippen LogP contribution in [0.4, 0.5) is 4.39 Å². The van der Waals surface area contributed by atoms with Crippen LogP contribution in [-0.2, 0) is 4.79 Å². The predicted molar refractivity (Wildman–Crippen MR) is 48.9 cm³/mol. The lowest BCUT2D eigenvalue weighted by Crippen LogP contribution is -2.51. The van der Waals surface area contributed by atoms with Gasteiger partial charge in [0, 0.05) is 18.5 Å². The van der Waals surface area contributed by atoms with Crippen molar-refractivity contribution in [2.45, 2.75) is 32.5 Å². The van der Waals surface area contributed by atoms with Gasteiger partial charge in [-0.3, -0.25) is 4.79 Å². The first-order valence-corrected chi connectivity index (χ1v) is 4.69. The number of piperidine rings is 1. The molecule has 1 fully saturated rings. The maximum atomic E-state index is 13.0. The van der Waals surface area contributed by atoms with Gasteiger partial charge in [-0.1, -0.05) is 13.8 Å². The summed E-state index contributed by atoms with van der Waals surface area (Å²) in [7, 11) is 0. The molecule has 13 heavy (non-hydrogen) atoms. The SMILES string of the molecule is CC(C)C(=O)N1C[C@H](N)C[C@@H](F)C1. The van der Waals surface area contributed by atoms with Crippen molar-refractivity contribution in [3.8, 4) is 0 Å². The third-order valence-corrected chi connectivity index (χ3v) is 2.24. The molecule has 0 radical (unpaired) electrons. The monoisotopic (exact) mass is 188 g/mol. The van der Waals surface area contributed by atoms with Crippen LogP contribution in [0.25, 0.3) is 0 Å². The maximum absolute atomic E-state index is 13.0. The van der Waals surface area contributed by atoms with E-state index in [4.69, 9.17) is 5.73 Å². The molecule has 0 aromatic rings. The van der Waals surface area contributed by atoms with Crippen LogP contribution in [0.5, 0.6) is 0 Å². The minimum absolute atomic E-state index is 0.00204. The molecule has 76 valence electrons. The summed E-state index contributed by atoms with van der Waals surface area (Å²) in [6, 6.07) is -0.202. The van der Waals surface area contributed by atoms with Gasteiger partial charge in [-0.05, 0) is 6.42 Å². The van der Waals surface area contributed by atoms with Gasteiger partial charge in [-0.2, -0.15) is 0 Å². The number of carbonyl (C=O) groups excluding carboxylic acids is 1. The molecule has 1 rings (SSSR count). The summed E-state index contributed by atoms with van der Waals surface area (Å²) in [6.45, 7) is 4.34. The summed E-state index contributed by atoms with van der Waals surface area (Å²) >= 11 is 0. The van der Waals surface area contributed by atoms with Gasteiger partial charge in [0.25, 0.3) is 0 Å². The van der Waals surface area contributed by atoms with E-state index < -0.39 is 6.17 Å². The van der Waals surface area contributed by atoms with Gasteiger partial charge in [0.05, 0.1) is 6.54 Å².